The molecule has 0 fully saturated rings. The molecule has 1 heterocycles. The Morgan fingerprint density at radius 3 is 2.85 bits per heavy atom. The van der Waals surface area contributed by atoms with Gasteiger partial charge in [-0.1, -0.05) is 6.92 Å². The van der Waals surface area contributed by atoms with Crippen molar-refractivity contribution in [1.82, 2.24) is 4.98 Å². The Labute approximate surface area is 88.1 Å². The SMILES string of the molecule is CCC(C)N(C)c1ccncc1Br. The molecule has 1 aromatic heterocycles. The van der Waals surface area contributed by atoms with Crippen LogP contribution >= 0.6 is 15.9 Å². The van der Waals surface area contributed by atoms with Crippen LogP contribution in [0.2, 0.25) is 0 Å². The van der Waals surface area contributed by atoms with Crippen molar-refractivity contribution < 1.29 is 0 Å². The lowest BCUT2D eigenvalue weighted by Gasteiger charge is -2.26. The van der Waals surface area contributed by atoms with Crippen LogP contribution in [-0.2, 0) is 0 Å². The number of nitrogens with zero attached hydrogens (tertiary/aromatic N) is 2. The lowest BCUT2D eigenvalue weighted by atomic mass is 10.2. The summed E-state index contributed by atoms with van der Waals surface area (Å²) in [6, 6.07) is 2.58. The van der Waals surface area contributed by atoms with Crippen LogP contribution in [0.4, 0.5) is 5.69 Å². The van der Waals surface area contributed by atoms with Crippen molar-refractivity contribution in [2.75, 3.05) is 11.9 Å². The Bertz CT molecular complexity index is 275. The third-order valence-electron chi connectivity index (χ3n) is 2.38. The summed E-state index contributed by atoms with van der Waals surface area (Å²) in [5, 5.41) is 0. The smallest absolute Gasteiger partial charge is 0.0592 e. The molecule has 72 valence electrons. The van der Waals surface area contributed by atoms with E-state index >= 15 is 0 Å². The molecule has 1 atom stereocenters. The minimum Gasteiger partial charge on any atom is -0.371 e. The van der Waals surface area contributed by atoms with Gasteiger partial charge in [-0.25, -0.2) is 0 Å². The van der Waals surface area contributed by atoms with Crippen LogP contribution in [0, 0.1) is 0 Å². The molecule has 1 rings (SSSR count). The molecule has 3 heteroatoms. The van der Waals surface area contributed by atoms with Crippen LogP contribution in [0.3, 0.4) is 0 Å². The minimum atomic E-state index is 0.554. The van der Waals surface area contributed by atoms with Crippen LogP contribution in [-0.4, -0.2) is 18.1 Å². The van der Waals surface area contributed by atoms with E-state index in [-0.39, 0.29) is 0 Å². The van der Waals surface area contributed by atoms with Gasteiger partial charge in [0.05, 0.1) is 10.2 Å². The molecule has 0 aliphatic carbocycles. The van der Waals surface area contributed by atoms with Crippen molar-refractivity contribution in [3.05, 3.63) is 22.9 Å². The summed E-state index contributed by atoms with van der Waals surface area (Å²) < 4.78 is 1.05. The third-order valence-corrected chi connectivity index (χ3v) is 2.99. The Morgan fingerprint density at radius 1 is 1.62 bits per heavy atom. The average molecular weight is 243 g/mol. The molecule has 0 amide bonds. The van der Waals surface area contributed by atoms with Gasteiger partial charge < -0.3 is 4.90 Å². The maximum atomic E-state index is 4.04. The predicted octanol–water partition coefficient (Wildman–Crippen LogP) is 3.08. The van der Waals surface area contributed by atoms with Gasteiger partial charge >= 0.3 is 0 Å². The highest BCUT2D eigenvalue weighted by atomic mass is 79.9. The summed E-state index contributed by atoms with van der Waals surface area (Å²) in [5.74, 6) is 0. The van der Waals surface area contributed by atoms with Gasteiger partial charge in [0.25, 0.3) is 0 Å². The molecule has 1 aromatic rings. The van der Waals surface area contributed by atoms with Gasteiger partial charge in [0.2, 0.25) is 0 Å². The van der Waals surface area contributed by atoms with E-state index in [0.717, 1.165) is 10.9 Å². The molecular formula is C10H15BrN2. The second-order valence-corrected chi connectivity index (χ2v) is 4.05. The van der Waals surface area contributed by atoms with Crippen LogP contribution in [0.1, 0.15) is 20.3 Å². The summed E-state index contributed by atoms with van der Waals surface area (Å²) in [6.45, 7) is 4.41. The zero-order chi connectivity index (χ0) is 9.84. The first-order valence-corrected chi connectivity index (χ1v) is 5.28. The highest BCUT2D eigenvalue weighted by molar-refractivity contribution is 9.10. The van der Waals surface area contributed by atoms with E-state index in [1.165, 1.54) is 5.69 Å². The van der Waals surface area contributed by atoms with Crippen LogP contribution in [0.25, 0.3) is 0 Å². The van der Waals surface area contributed by atoms with Gasteiger partial charge in [0.1, 0.15) is 0 Å². The Kier molecular flexibility index (Phi) is 3.72. The molecule has 0 saturated carbocycles. The van der Waals surface area contributed by atoms with E-state index in [9.17, 15) is 0 Å². The van der Waals surface area contributed by atoms with E-state index in [4.69, 9.17) is 0 Å². The van der Waals surface area contributed by atoms with Gasteiger partial charge in [-0.15, -0.1) is 0 Å². The highest BCUT2D eigenvalue weighted by Gasteiger charge is 2.09. The molecule has 13 heavy (non-hydrogen) atoms. The van der Waals surface area contributed by atoms with E-state index in [0.29, 0.717) is 6.04 Å². The van der Waals surface area contributed by atoms with Crippen LogP contribution in [0.15, 0.2) is 22.9 Å². The second kappa shape index (κ2) is 4.61. The fraction of sp³-hybridized carbons (Fsp3) is 0.500. The number of rotatable bonds is 3. The molecule has 0 saturated heterocycles. The number of halogens is 1. The molecule has 0 spiro atoms. The normalized spacial score (nSPS) is 12.6. The fourth-order valence-electron chi connectivity index (χ4n) is 1.17. The quantitative estimate of drug-likeness (QED) is 0.810. The molecule has 0 aromatic carbocycles. The second-order valence-electron chi connectivity index (χ2n) is 3.20. The van der Waals surface area contributed by atoms with Crippen molar-refractivity contribution in [1.29, 1.82) is 0 Å². The minimum absolute atomic E-state index is 0.554. The predicted molar refractivity (Wildman–Crippen MR) is 60.1 cm³/mol. The van der Waals surface area contributed by atoms with Crippen molar-refractivity contribution in [2.45, 2.75) is 26.3 Å². The molecule has 0 N–H and O–H groups in total. The Balaban J connectivity index is 2.88. The summed E-state index contributed by atoms with van der Waals surface area (Å²) in [4.78, 5) is 6.29. The standard InChI is InChI=1S/C10H15BrN2/c1-4-8(2)13(3)10-5-6-12-7-9(10)11/h5-8H,4H2,1-3H3. The lowest BCUT2D eigenvalue weighted by Crippen LogP contribution is -2.28. The average Bonchev–Trinajstić information content (AvgIpc) is 2.16. The van der Waals surface area contributed by atoms with E-state index in [1.54, 1.807) is 0 Å². The van der Waals surface area contributed by atoms with Crippen molar-refractivity contribution in [3.8, 4) is 0 Å². The maximum Gasteiger partial charge on any atom is 0.0592 e. The van der Waals surface area contributed by atoms with Crippen LogP contribution in [0.5, 0.6) is 0 Å². The first-order valence-electron chi connectivity index (χ1n) is 4.49. The molecule has 0 bridgehead atoms. The maximum absolute atomic E-state index is 4.04. The van der Waals surface area contributed by atoms with Crippen molar-refractivity contribution in [2.24, 2.45) is 0 Å². The number of hydrogen-bond acceptors (Lipinski definition) is 2. The number of pyridine rings is 1. The third kappa shape index (κ3) is 2.44. The van der Waals surface area contributed by atoms with Gasteiger partial charge in [-0.05, 0) is 35.3 Å². The molecule has 0 aliphatic rings. The molecule has 2 nitrogen and oxygen atoms in total. The van der Waals surface area contributed by atoms with Gasteiger partial charge in [0, 0.05) is 25.5 Å². The Hall–Kier alpha value is -0.570. The number of aromatic nitrogens is 1. The Morgan fingerprint density at radius 2 is 2.31 bits per heavy atom. The van der Waals surface area contributed by atoms with Crippen LogP contribution < -0.4 is 4.90 Å². The molecule has 0 radical (unpaired) electrons. The van der Waals surface area contributed by atoms with E-state index < -0.39 is 0 Å². The first-order chi connectivity index (χ1) is 6.16. The van der Waals surface area contributed by atoms with Gasteiger partial charge in [-0.2, -0.15) is 0 Å². The lowest BCUT2D eigenvalue weighted by molar-refractivity contribution is 0.662. The summed E-state index contributed by atoms with van der Waals surface area (Å²) in [6.07, 6.45) is 4.79. The topological polar surface area (TPSA) is 16.1 Å². The molecule has 1 unspecified atom stereocenters. The number of hydrogen-bond donors (Lipinski definition) is 0. The zero-order valence-corrected chi connectivity index (χ0v) is 9.87. The van der Waals surface area contributed by atoms with Gasteiger partial charge in [-0.3, -0.25) is 4.98 Å². The van der Waals surface area contributed by atoms with E-state index in [2.05, 4.69) is 46.7 Å². The molecular weight excluding hydrogens is 228 g/mol. The zero-order valence-electron chi connectivity index (χ0n) is 8.29. The fourth-order valence-corrected chi connectivity index (χ4v) is 1.70. The number of anilines is 1. The summed E-state index contributed by atoms with van der Waals surface area (Å²) >= 11 is 3.49. The van der Waals surface area contributed by atoms with Crippen molar-refractivity contribution in [3.63, 3.8) is 0 Å². The van der Waals surface area contributed by atoms with E-state index in [1.807, 2.05) is 18.5 Å². The van der Waals surface area contributed by atoms with Crippen molar-refractivity contribution >= 4 is 21.6 Å². The van der Waals surface area contributed by atoms with Gasteiger partial charge in [0.15, 0.2) is 0 Å². The monoisotopic (exact) mass is 242 g/mol. The highest BCUT2D eigenvalue weighted by Crippen LogP contribution is 2.25. The summed E-state index contributed by atoms with van der Waals surface area (Å²) in [7, 11) is 2.11. The first kappa shape index (κ1) is 10.5. The largest absolute Gasteiger partial charge is 0.371 e. The summed E-state index contributed by atoms with van der Waals surface area (Å²) in [5.41, 5.74) is 1.20. The molecule has 0 aliphatic heterocycles.